The minimum absolute atomic E-state index is 0.0728. The molecule has 3 rings (SSSR count). The second-order valence-corrected chi connectivity index (χ2v) is 6.89. The molecule has 1 atom stereocenters. The molecule has 0 saturated carbocycles. The van der Waals surface area contributed by atoms with Crippen molar-refractivity contribution < 1.29 is 19.0 Å². The number of benzene rings is 2. The fourth-order valence-electron chi connectivity index (χ4n) is 3.38. The van der Waals surface area contributed by atoms with E-state index in [1.165, 1.54) is 0 Å². The summed E-state index contributed by atoms with van der Waals surface area (Å²) < 4.78 is 16.1. The lowest BCUT2D eigenvalue weighted by Gasteiger charge is -2.39. The summed E-state index contributed by atoms with van der Waals surface area (Å²) in [5.74, 6) is 2.48. The van der Waals surface area contributed by atoms with E-state index in [4.69, 9.17) is 14.2 Å². The molecular weight excluding hydrogens is 356 g/mol. The van der Waals surface area contributed by atoms with E-state index in [0.717, 1.165) is 36.9 Å². The molecule has 1 aliphatic rings. The molecule has 0 radical (unpaired) electrons. The number of rotatable bonds is 7. The number of ether oxygens (including phenoxy) is 3. The Morgan fingerprint density at radius 2 is 1.50 bits per heavy atom. The first-order chi connectivity index (χ1) is 13.6. The van der Waals surface area contributed by atoms with E-state index < -0.39 is 0 Å². The second kappa shape index (κ2) is 9.46. The van der Waals surface area contributed by atoms with Gasteiger partial charge in [0.25, 0.3) is 5.91 Å². The second-order valence-electron chi connectivity index (χ2n) is 6.89. The Balaban J connectivity index is 1.46. The average Bonchev–Trinajstić information content (AvgIpc) is 2.75. The molecule has 1 fully saturated rings. The predicted octanol–water partition coefficient (Wildman–Crippen LogP) is 2.93. The molecular formula is C22H28N2O4. The maximum absolute atomic E-state index is 12.7. The number of nitrogens with zero attached hydrogens (tertiary/aromatic N) is 2. The summed E-state index contributed by atoms with van der Waals surface area (Å²) in [7, 11) is 3.27. The lowest BCUT2D eigenvalue weighted by atomic mass is 10.1. The Labute approximate surface area is 166 Å². The summed E-state index contributed by atoms with van der Waals surface area (Å²) >= 11 is 0. The van der Waals surface area contributed by atoms with Crippen LogP contribution in [0.3, 0.4) is 0 Å². The maximum atomic E-state index is 12.7. The Morgan fingerprint density at radius 1 is 0.929 bits per heavy atom. The van der Waals surface area contributed by atoms with Crippen LogP contribution >= 0.6 is 0 Å². The van der Waals surface area contributed by atoms with Gasteiger partial charge in [0, 0.05) is 37.8 Å². The molecule has 1 aliphatic heterocycles. The number of carbonyl (C=O) groups excluding carboxylic acids is 1. The molecule has 2 aromatic carbocycles. The number of hydrogen-bond donors (Lipinski definition) is 0. The lowest BCUT2D eigenvalue weighted by Crippen LogP contribution is -2.54. The van der Waals surface area contributed by atoms with Crippen molar-refractivity contribution in [2.24, 2.45) is 0 Å². The van der Waals surface area contributed by atoms with Crippen LogP contribution in [0.5, 0.6) is 17.2 Å². The molecule has 28 heavy (non-hydrogen) atoms. The molecule has 1 unspecified atom stereocenters. The van der Waals surface area contributed by atoms with E-state index >= 15 is 0 Å². The SMILES string of the molecule is COc1ccc(OCCN2CCN(C(=O)c3ccc(OC)cc3)CC2C)cc1. The monoisotopic (exact) mass is 384 g/mol. The summed E-state index contributed by atoms with van der Waals surface area (Å²) in [4.78, 5) is 17.0. The fraction of sp³-hybridized carbons (Fsp3) is 0.409. The molecule has 0 aromatic heterocycles. The third-order valence-corrected chi connectivity index (χ3v) is 5.10. The van der Waals surface area contributed by atoms with Crippen LogP contribution in [0, 0.1) is 0 Å². The Kier molecular flexibility index (Phi) is 6.76. The maximum Gasteiger partial charge on any atom is 0.253 e. The Morgan fingerprint density at radius 3 is 2.07 bits per heavy atom. The standard InChI is InChI=1S/C22H28N2O4/c1-17-16-24(22(25)18-4-6-19(26-2)7-5-18)13-12-23(17)14-15-28-21-10-8-20(27-3)9-11-21/h4-11,17H,12-16H2,1-3H3. The smallest absolute Gasteiger partial charge is 0.253 e. The highest BCUT2D eigenvalue weighted by molar-refractivity contribution is 5.94. The van der Waals surface area contributed by atoms with E-state index in [9.17, 15) is 4.79 Å². The van der Waals surface area contributed by atoms with Crippen LogP contribution in [0.2, 0.25) is 0 Å². The summed E-state index contributed by atoms with van der Waals surface area (Å²) in [5.41, 5.74) is 0.698. The number of amides is 1. The van der Waals surface area contributed by atoms with Gasteiger partial charge in [0.15, 0.2) is 0 Å². The summed E-state index contributed by atoms with van der Waals surface area (Å²) in [6, 6.07) is 15.2. The molecule has 2 aromatic rings. The summed E-state index contributed by atoms with van der Waals surface area (Å²) in [6.45, 7) is 5.88. The quantitative estimate of drug-likeness (QED) is 0.735. The number of piperazine rings is 1. The van der Waals surface area contributed by atoms with E-state index in [-0.39, 0.29) is 11.9 Å². The summed E-state index contributed by atoms with van der Waals surface area (Å²) in [5, 5.41) is 0. The zero-order valence-corrected chi connectivity index (χ0v) is 16.8. The van der Waals surface area contributed by atoms with Crippen molar-refractivity contribution in [3.63, 3.8) is 0 Å². The van der Waals surface area contributed by atoms with Crippen LogP contribution in [0.15, 0.2) is 48.5 Å². The normalized spacial score (nSPS) is 17.2. The van der Waals surface area contributed by atoms with Gasteiger partial charge in [0.05, 0.1) is 14.2 Å². The van der Waals surface area contributed by atoms with Crippen molar-refractivity contribution in [1.82, 2.24) is 9.80 Å². The van der Waals surface area contributed by atoms with Gasteiger partial charge in [0.2, 0.25) is 0 Å². The van der Waals surface area contributed by atoms with Crippen molar-refractivity contribution >= 4 is 5.91 Å². The molecule has 1 saturated heterocycles. The zero-order chi connectivity index (χ0) is 19.9. The van der Waals surface area contributed by atoms with Gasteiger partial charge in [-0.25, -0.2) is 0 Å². The first-order valence-corrected chi connectivity index (χ1v) is 9.55. The molecule has 0 spiro atoms. The van der Waals surface area contributed by atoms with Gasteiger partial charge in [-0.1, -0.05) is 0 Å². The van der Waals surface area contributed by atoms with E-state index in [2.05, 4.69) is 11.8 Å². The highest BCUT2D eigenvalue weighted by Gasteiger charge is 2.27. The average molecular weight is 384 g/mol. The summed E-state index contributed by atoms with van der Waals surface area (Å²) in [6.07, 6.45) is 0. The van der Waals surface area contributed by atoms with Gasteiger partial charge >= 0.3 is 0 Å². The van der Waals surface area contributed by atoms with E-state index in [0.29, 0.717) is 18.7 Å². The molecule has 1 amide bonds. The first-order valence-electron chi connectivity index (χ1n) is 9.55. The van der Waals surface area contributed by atoms with Gasteiger partial charge in [-0.2, -0.15) is 0 Å². The van der Waals surface area contributed by atoms with Crippen molar-refractivity contribution in [2.75, 3.05) is 47.0 Å². The lowest BCUT2D eigenvalue weighted by molar-refractivity contribution is 0.0480. The first kappa shape index (κ1) is 20.0. The fourth-order valence-corrected chi connectivity index (χ4v) is 3.38. The number of hydrogen-bond acceptors (Lipinski definition) is 5. The van der Waals surface area contributed by atoms with Crippen LogP contribution in [-0.4, -0.2) is 68.8 Å². The predicted molar refractivity (Wildman–Crippen MR) is 108 cm³/mol. The number of carbonyl (C=O) groups is 1. The molecule has 0 N–H and O–H groups in total. The Bertz CT molecular complexity index is 761. The van der Waals surface area contributed by atoms with Gasteiger partial charge in [-0.05, 0) is 55.5 Å². The largest absolute Gasteiger partial charge is 0.497 e. The van der Waals surface area contributed by atoms with Crippen molar-refractivity contribution in [1.29, 1.82) is 0 Å². The molecule has 1 heterocycles. The van der Waals surface area contributed by atoms with E-state index in [1.54, 1.807) is 14.2 Å². The minimum atomic E-state index is 0.0728. The molecule has 0 aliphatic carbocycles. The van der Waals surface area contributed by atoms with Crippen molar-refractivity contribution in [3.8, 4) is 17.2 Å². The third-order valence-electron chi connectivity index (χ3n) is 5.10. The van der Waals surface area contributed by atoms with Gasteiger partial charge in [-0.15, -0.1) is 0 Å². The third kappa shape index (κ3) is 4.95. The van der Waals surface area contributed by atoms with Crippen molar-refractivity contribution in [2.45, 2.75) is 13.0 Å². The molecule has 150 valence electrons. The molecule has 6 heteroatoms. The van der Waals surface area contributed by atoms with Gasteiger partial charge in [-0.3, -0.25) is 9.69 Å². The molecule has 0 bridgehead atoms. The zero-order valence-electron chi connectivity index (χ0n) is 16.8. The topological polar surface area (TPSA) is 51.2 Å². The van der Waals surface area contributed by atoms with E-state index in [1.807, 2.05) is 53.4 Å². The highest BCUT2D eigenvalue weighted by Crippen LogP contribution is 2.18. The van der Waals surface area contributed by atoms with Crippen LogP contribution in [0.25, 0.3) is 0 Å². The van der Waals surface area contributed by atoms with Crippen LogP contribution < -0.4 is 14.2 Å². The molecule has 6 nitrogen and oxygen atoms in total. The Hall–Kier alpha value is -2.73. The minimum Gasteiger partial charge on any atom is -0.497 e. The van der Waals surface area contributed by atoms with Gasteiger partial charge < -0.3 is 19.1 Å². The number of methoxy groups -OCH3 is 2. The van der Waals surface area contributed by atoms with Gasteiger partial charge in [0.1, 0.15) is 23.9 Å². The highest BCUT2D eigenvalue weighted by atomic mass is 16.5. The van der Waals surface area contributed by atoms with Crippen LogP contribution in [0.1, 0.15) is 17.3 Å². The van der Waals surface area contributed by atoms with Crippen LogP contribution in [0.4, 0.5) is 0 Å². The van der Waals surface area contributed by atoms with Crippen LogP contribution in [-0.2, 0) is 0 Å². The van der Waals surface area contributed by atoms with Crippen molar-refractivity contribution in [3.05, 3.63) is 54.1 Å².